The van der Waals surface area contributed by atoms with E-state index in [9.17, 15) is 14.4 Å². The molecule has 244 valence electrons. The van der Waals surface area contributed by atoms with Crippen LogP contribution in [0.5, 0.6) is 11.6 Å². The second-order valence-electron chi connectivity index (χ2n) is 14.1. The van der Waals surface area contributed by atoms with Gasteiger partial charge >= 0.3 is 5.97 Å². The average Bonchev–Trinajstić information content (AvgIpc) is 3.26. The number of aromatic nitrogens is 2. The Morgan fingerprint density at radius 2 is 1.78 bits per heavy atom. The molecule has 0 spiro atoms. The van der Waals surface area contributed by atoms with Gasteiger partial charge in [0.25, 0.3) is 5.92 Å². The second kappa shape index (κ2) is 11.8. The Labute approximate surface area is 262 Å². The summed E-state index contributed by atoms with van der Waals surface area (Å²) in [7, 11) is 1.50. The molecule has 3 fully saturated rings. The highest BCUT2D eigenvalue weighted by atomic mass is 19.3. The number of alkyl halides is 2. The first-order chi connectivity index (χ1) is 21.4. The fourth-order valence-corrected chi connectivity index (χ4v) is 7.82. The van der Waals surface area contributed by atoms with Crippen LogP contribution in [-0.2, 0) is 25.0 Å². The normalized spacial score (nSPS) is 33.3. The minimum atomic E-state index is -3.34. The third kappa shape index (κ3) is 5.99. The standard InChI is InChI=1S/C34H43F2N3O6/c1-20-26(19-40)39-18-27(20)44-30-29(37-24-11-10-22(43-4)15-25(24)38-30)34(35,36)14-6-5-9-21-17-33(21,3)45-28(41)16-23(31(39)42)32(2)12-7-8-13-32/h10-11,15,19-21,23,26-27H,5-9,12-14,16-18H2,1-4H3/t20-,21+,23+,26+,27-,33+/m0/s1. The molecule has 45 heavy (non-hydrogen) atoms. The van der Waals surface area contributed by atoms with E-state index >= 15 is 8.78 Å². The number of hydrogen-bond acceptors (Lipinski definition) is 8. The van der Waals surface area contributed by atoms with Crippen molar-refractivity contribution in [2.75, 3.05) is 13.7 Å². The maximum Gasteiger partial charge on any atom is 0.307 e. The van der Waals surface area contributed by atoms with Crippen LogP contribution in [0.1, 0.15) is 90.7 Å². The SMILES string of the molecule is COc1ccc2nc3c(nc2c1)O[C@H]1CN(C(=O)[C@H](C2(C)CCCC2)CC(=O)O[C@]2(C)C[C@H]2CCCCC3(F)F)[C@H](C=O)[C@@H]1C. The van der Waals surface area contributed by atoms with Gasteiger partial charge in [0.1, 0.15) is 23.7 Å². The topological polar surface area (TPSA) is 108 Å². The Balaban J connectivity index is 1.40. The Morgan fingerprint density at radius 1 is 1.04 bits per heavy atom. The summed E-state index contributed by atoms with van der Waals surface area (Å²) in [5, 5.41) is 0. The van der Waals surface area contributed by atoms with E-state index in [-0.39, 0.29) is 42.6 Å². The largest absolute Gasteiger partial charge is 0.497 e. The Bertz CT molecular complexity index is 1480. The molecular weight excluding hydrogens is 584 g/mol. The number of hydrogen-bond donors (Lipinski definition) is 0. The maximum atomic E-state index is 16.0. The molecule has 4 aliphatic rings. The van der Waals surface area contributed by atoms with Gasteiger partial charge in [-0.3, -0.25) is 9.59 Å². The van der Waals surface area contributed by atoms with E-state index in [1.165, 1.54) is 12.0 Å². The van der Waals surface area contributed by atoms with Gasteiger partial charge in [0.05, 0.1) is 43.1 Å². The molecule has 6 atom stereocenters. The van der Waals surface area contributed by atoms with E-state index in [1.807, 2.05) is 13.8 Å². The lowest BCUT2D eigenvalue weighted by Crippen LogP contribution is -2.47. The van der Waals surface area contributed by atoms with Crippen LogP contribution in [-0.4, -0.2) is 64.4 Å². The lowest BCUT2D eigenvalue weighted by Gasteiger charge is -2.36. The van der Waals surface area contributed by atoms with Crippen LogP contribution in [0.4, 0.5) is 8.78 Å². The van der Waals surface area contributed by atoms with Crippen LogP contribution in [0.15, 0.2) is 18.2 Å². The van der Waals surface area contributed by atoms with Crippen molar-refractivity contribution >= 4 is 29.2 Å². The van der Waals surface area contributed by atoms with Gasteiger partial charge in [0.2, 0.25) is 11.8 Å². The van der Waals surface area contributed by atoms with E-state index in [2.05, 4.69) is 9.97 Å². The van der Waals surface area contributed by atoms with Crippen molar-refractivity contribution in [2.24, 2.45) is 23.2 Å². The molecule has 2 aromatic rings. The molecule has 0 radical (unpaired) electrons. The number of halogens is 2. The monoisotopic (exact) mass is 627 g/mol. The molecule has 9 nitrogen and oxygen atoms in total. The van der Waals surface area contributed by atoms with Crippen LogP contribution in [0, 0.1) is 23.2 Å². The lowest BCUT2D eigenvalue weighted by atomic mass is 9.73. The number of rotatable bonds is 3. The van der Waals surface area contributed by atoms with Crippen LogP contribution in [0.25, 0.3) is 11.0 Å². The van der Waals surface area contributed by atoms with Gasteiger partial charge in [-0.2, -0.15) is 8.78 Å². The highest BCUT2D eigenvalue weighted by Gasteiger charge is 2.55. The van der Waals surface area contributed by atoms with Crippen molar-refractivity contribution in [3.8, 4) is 11.6 Å². The lowest BCUT2D eigenvalue weighted by molar-refractivity contribution is -0.158. The first-order valence-corrected chi connectivity index (χ1v) is 16.3. The van der Waals surface area contributed by atoms with Gasteiger partial charge in [-0.25, -0.2) is 9.97 Å². The zero-order chi connectivity index (χ0) is 32.1. The Kier molecular flexibility index (Phi) is 8.27. The second-order valence-corrected chi connectivity index (χ2v) is 14.1. The van der Waals surface area contributed by atoms with E-state index in [0.717, 1.165) is 25.7 Å². The van der Waals surface area contributed by atoms with Gasteiger partial charge in [0, 0.05) is 24.3 Å². The van der Waals surface area contributed by atoms with E-state index in [0.29, 0.717) is 36.8 Å². The number of ether oxygens (including phenoxy) is 3. The Hall–Kier alpha value is -3.37. The van der Waals surface area contributed by atoms with E-state index in [1.54, 1.807) is 25.1 Å². The molecule has 6 rings (SSSR count). The third-order valence-corrected chi connectivity index (χ3v) is 11.0. The molecule has 2 saturated carbocycles. The fourth-order valence-electron chi connectivity index (χ4n) is 7.82. The molecule has 1 saturated heterocycles. The number of nitrogens with zero attached hydrogens (tertiary/aromatic N) is 3. The molecule has 11 heteroatoms. The minimum Gasteiger partial charge on any atom is -0.497 e. The quantitative estimate of drug-likeness (QED) is 0.301. The van der Waals surface area contributed by atoms with Gasteiger partial charge in [0.15, 0.2) is 5.69 Å². The Morgan fingerprint density at radius 3 is 2.49 bits per heavy atom. The van der Waals surface area contributed by atoms with E-state index < -0.39 is 59.0 Å². The number of carbonyl (C=O) groups excluding carboxylic acids is 3. The molecule has 1 amide bonds. The number of aldehydes is 1. The number of fused-ring (bicyclic) bond motifs is 5. The van der Waals surface area contributed by atoms with Gasteiger partial charge in [-0.15, -0.1) is 0 Å². The number of amides is 1. The zero-order valence-corrected chi connectivity index (χ0v) is 26.5. The number of benzene rings is 1. The molecule has 3 heterocycles. The molecule has 1 aromatic heterocycles. The summed E-state index contributed by atoms with van der Waals surface area (Å²) >= 11 is 0. The zero-order valence-electron chi connectivity index (χ0n) is 26.5. The molecule has 2 aliphatic carbocycles. The molecule has 2 bridgehead atoms. The first-order valence-electron chi connectivity index (χ1n) is 16.3. The fraction of sp³-hybridized carbons (Fsp3) is 0.676. The highest BCUT2D eigenvalue weighted by Crippen LogP contribution is 2.52. The summed E-state index contributed by atoms with van der Waals surface area (Å²) in [5.74, 6) is -4.99. The average molecular weight is 628 g/mol. The summed E-state index contributed by atoms with van der Waals surface area (Å²) in [4.78, 5) is 50.5. The molecular formula is C34H43F2N3O6. The first kappa shape index (κ1) is 31.6. The smallest absolute Gasteiger partial charge is 0.307 e. The van der Waals surface area contributed by atoms with Crippen molar-refractivity contribution in [2.45, 2.75) is 109 Å². The molecule has 0 unspecified atom stereocenters. The van der Waals surface area contributed by atoms with Crippen LogP contribution >= 0.6 is 0 Å². The summed E-state index contributed by atoms with van der Waals surface area (Å²) < 4.78 is 49.4. The van der Waals surface area contributed by atoms with E-state index in [4.69, 9.17) is 14.2 Å². The molecule has 2 aliphatic heterocycles. The summed E-state index contributed by atoms with van der Waals surface area (Å²) in [5.41, 5.74) is -1.02. The van der Waals surface area contributed by atoms with Crippen LogP contribution in [0.2, 0.25) is 0 Å². The van der Waals surface area contributed by atoms with Crippen molar-refractivity contribution < 1.29 is 37.4 Å². The van der Waals surface area contributed by atoms with Gasteiger partial charge < -0.3 is 23.9 Å². The summed E-state index contributed by atoms with van der Waals surface area (Å²) in [6, 6.07) is 3.98. The number of methoxy groups -OCH3 is 1. The van der Waals surface area contributed by atoms with Crippen molar-refractivity contribution in [1.82, 2.24) is 14.9 Å². The molecule has 1 aromatic carbocycles. The summed E-state index contributed by atoms with van der Waals surface area (Å²) in [6.45, 7) is 5.69. The predicted octanol–water partition coefficient (Wildman–Crippen LogP) is 6.01. The van der Waals surface area contributed by atoms with Gasteiger partial charge in [-0.1, -0.05) is 33.1 Å². The van der Waals surface area contributed by atoms with Gasteiger partial charge in [-0.05, 0) is 56.6 Å². The van der Waals surface area contributed by atoms with Crippen LogP contribution < -0.4 is 9.47 Å². The highest BCUT2D eigenvalue weighted by molar-refractivity contribution is 5.87. The number of esters is 1. The van der Waals surface area contributed by atoms with Crippen molar-refractivity contribution in [3.05, 3.63) is 23.9 Å². The minimum absolute atomic E-state index is 0.00629. The van der Waals surface area contributed by atoms with Crippen LogP contribution in [0.3, 0.4) is 0 Å². The predicted molar refractivity (Wildman–Crippen MR) is 161 cm³/mol. The third-order valence-electron chi connectivity index (χ3n) is 11.0. The molecule has 0 N–H and O–H groups in total. The summed E-state index contributed by atoms with van der Waals surface area (Å²) in [6.07, 6.45) is 4.99. The van der Waals surface area contributed by atoms with Crippen molar-refractivity contribution in [1.29, 1.82) is 0 Å². The number of carbonyl (C=O) groups is 3. The maximum absolute atomic E-state index is 16.0. The van der Waals surface area contributed by atoms with Crippen molar-refractivity contribution in [3.63, 3.8) is 0 Å².